The molecular formula is C43H32N-. The summed E-state index contributed by atoms with van der Waals surface area (Å²) in [7, 11) is 0. The number of aryl methyl sites for hydroxylation is 2. The number of fused-ring (bicyclic) bond motifs is 3. The summed E-state index contributed by atoms with van der Waals surface area (Å²) in [6.45, 7) is 5.18. The Morgan fingerprint density at radius 1 is 0.432 bits per heavy atom. The maximum Gasteiger partial charge on any atom is -0.00201 e. The van der Waals surface area contributed by atoms with E-state index in [-0.39, 0.29) is 0 Å². The largest absolute Gasteiger partial charge is 0.681 e. The van der Waals surface area contributed by atoms with Gasteiger partial charge in [-0.1, -0.05) is 140 Å². The van der Waals surface area contributed by atoms with Crippen LogP contribution in [0, 0.1) is 13.8 Å². The molecule has 7 aromatic rings. The van der Waals surface area contributed by atoms with E-state index in [1.165, 1.54) is 76.8 Å². The first kappa shape index (κ1) is 26.2. The lowest BCUT2D eigenvalue weighted by atomic mass is 9.83. The van der Waals surface area contributed by atoms with Crippen molar-refractivity contribution >= 4 is 38.0 Å². The number of benzene rings is 7. The Bertz CT molecular complexity index is 2210. The zero-order valence-electron chi connectivity index (χ0n) is 25.0. The summed E-state index contributed by atoms with van der Waals surface area (Å²) >= 11 is 0. The molecule has 1 heteroatoms. The predicted molar refractivity (Wildman–Crippen MR) is 190 cm³/mol. The lowest BCUT2D eigenvalue weighted by Crippen LogP contribution is -1.93. The number of nitrogens with zero attached hydrogens (tertiary/aromatic N) is 1. The van der Waals surface area contributed by atoms with E-state index in [0.717, 1.165) is 17.8 Å². The molecule has 0 saturated carbocycles. The zero-order chi connectivity index (χ0) is 29.6. The molecule has 0 spiro atoms. The van der Waals surface area contributed by atoms with Gasteiger partial charge in [0.25, 0.3) is 0 Å². The van der Waals surface area contributed by atoms with Gasteiger partial charge in [-0.15, -0.1) is 18.3 Å². The fraction of sp³-hybridized carbons (Fsp3) is 0.0698. The maximum atomic E-state index is 4.68. The first-order chi connectivity index (χ1) is 21.7. The Hall–Kier alpha value is -5.40. The van der Waals surface area contributed by atoms with Crippen molar-refractivity contribution in [3.8, 4) is 33.4 Å². The van der Waals surface area contributed by atoms with Gasteiger partial charge < -0.3 is 5.32 Å². The zero-order valence-corrected chi connectivity index (χ0v) is 25.0. The van der Waals surface area contributed by atoms with Gasteiger partial charge in [0.15, 0.2) is 0 Å². The van der Waals surface area contributed by atoms with E-state index in [1.54, 1.807) is 0 Å². The molecule has 0 radical (unpaired) electrons. The Labute approximate surface area is 258 Å². The van der Waals surface area contributed by atoms with Crippen LogP contribution in [0.1, 0.15) is 16.7 Å². The molecule has 0 amide bonds. The Morgan fingerprint density at radius 3 is 1.45 bits per heavy atom. The summed E-state index contributed by atoms with van der Waals surface area (Å²) in [6.07, 6.45) is 6.26. The second-order valence-electron chi connectivity index (χ2n) is 11.7. The molecule has 0 N–H and O–H groups in total. The SMILES string of the molecule is Cc1cccc(C)c1-c1cccc2c(-c3c4ccccc4c(-c4ccc(C5=CC=CC[N-]5)cc4)c4ccccc34)cccc12. The monoisotopic (exact) mass is 562 g/mol. The van der Waals surface area contributed by atoms with Gasteiger partial charge in [0.1, 0.15) is 0 Å². The number of hydrogen-bond donors (Lipinski definition) is 0. The normalized spacial score (nSPS) is 12.9. The van der Waals surface area contributed by atoms with Crippen LogP contribution in [-0.2, 0) is 0 Å². The van der Waals surface area contributed by atoms with E-state index < -0.39 is 0 Å². The van der Waals surface area contributed by atoms with Crippen molar-refractivity contribution in [2.24, 2.45) is 0 Å². The van der Waals surface area contributed by atoms with Gasteiger partial charge in [0, 0.05) is 0 Å². The molecule has 1 aliphatic rings. The van der Waals surface area contributed by atoms with E-state index in [1.807, 2.05) is 0 Å². The summed E-state index contributed by atoms with van der Waals surface area (Å²) < 4.78 is 0. The van der Waals surface area contributed by atoms with Gasteiger partial charge in [-0.05, 0) is 96.2 Å². The molecule has 1 heterocycles. The highest BCUT2D eigenvalue weighted by atomic mass is 14.9. The molecule has 0 aliphatic carbocycles. The molecule has 1 aliphatic heterocycles. The van der Waals surface area contributed by atoms with E-state index in [0.29, 0.717) is 0 Å². The van der Waals surface area contributed by atoms with Gasteiger partial charge in [-0.3, -0.25) is 0 Å². The van der Waals surface area contributed by atoms with E-state index >= 15 is 0 Å². The first-order valence-corrected chi connectivity index (χ1v) is 15.4. The van der Waals surface area contributed by atoms with Crippen molar-refractivity contribution in [2.45, 2.75) is 13.8 Å². The topological polar surface area (TPSA) is 14.1 Å². The van der Waals surface area contributed by atoms with Crippen molar-refractivity contribution < 1.29 is 0 Å². The molecule has 0 unspecified atom stereocenters. The number of allylic oxidation sites excluding steroid dienone is 2. The summed E-state index contributed by atoms with van der Waals surface area (Å²) in [5.41, 5.74) is 12.5. The molecule has 210 valence electrons. The van der Waals surface area contributed by atoms with Crippen LogP contribution in [0.5, 0.6) is 0 Å². The van der Waals surface area contributed by atoms with Crippen LogP contribution in [-0.4, -0.2) is 6.54 Å². The van der Waals surface area contributed by atoms with Crippen LogP contribution >= 0.6 is 0 Å². The van der Waals surface area contributed by atoms with E-state index in [2.05, 4.69) is 165 Å². The maximum absolute atomic E-state index is 4.68. The lowest BCUT2D eigenvalue weighted by molar-refractivity contribution is 1.38. The molecule has 44 heavy (non-hydrogen) atoms. The summed E-state index contributed by atoms with van der Waals surface area (Å²) in [5.74, 6) is 0. The third-order valence-electron chi connectivity index (χ3n) is 9.10. The third-order valence-corrected chi connectivity index (χ3v) is 9.10. The molecular weight excluding hydrogens is 530 g/mol. The highest BCUT2D eigenvalue weighted by Crippen LogP contribution is 2.46. The van der Waals surface area contributed by atoms with Crippen molar-refractivity contribution in [1.82, 2.24) is 0 Å². The predicted octanol–water partition coefficient (Wildman–Crippen LogP) is 12.0. The average Bonchev–Trinajstić information content (AvgIpc) is 3.07. The number of rotatable bonds is 4. The molecule has 1 nitrogen and oxygen atoms in total. The van der Waals surface area contributed by atoms with Crippen molar-refractivity contribution in [2.75, 3.05) is 6.54 Å². The van der Waals surface area contributed by atoms with Crippen LogP contribution in [0.25, 0.3) is 76.7 Å². The van der Waals surface area contributed by atoms with Crippen molar-refractivity contribution in [3.63, 3.8) is 0 Å². The Balaban J connectivity index is 1.40. The fourth-order valence-electron chi connectivity index (χ4n) is 7.13. The highest BCUT2D eigenvalue weighted by molar-refractivity contribution is 6.24. The van der Waals surface area contributed by atoms with Gasteiger partial charge in [-0.25, -0.2) is 0 Å². The quantitative estimate of drug-likeness (QED) is 0.189. The summed E-state index contributed by atoms with van der Waals surface area (Å²) in [5, 5.41) is 12.3. The van der Waals surface area contributed by atoms with Crippen LogP contribution in [0.4, 0.5) is 0 Å². The first-order valence-electron chi connectivity index (χ1n) is 15.4. The van der Waals surface area contributed by atoms with Crippen LogP contribution < -0.4 is 0 Å². The highest BCUT2D eigenvalue weighted by Gasteiger charge is 2.19. The number of hydrogen-bond acceptors (Lipinski definition) is 0. The standard InChI is InChI=1S/C43H32N/c1-28-12-9-13-29(2)41(28)34-20-10-19-33-32(34)18-11-21-35(33)43-38-16-5-3-14-36(38)42(37-15-4-6-17-39(37)43)31-25-23-30(24-26-31)40-22-7-8-27-44-40/h3-26H,27H2,1-2H3/q-1. The van der Waals surface area contributed by atoms with Crippen molar-refractivity contribution in [1.29, 1.82) is 0 Å². The Morgan fingerprint density at radius 2 is 0.909 bits per heavy atom. The molecule has 8 rings (SSSR count). The molecule has 7 aromatic carbocycles. The van der Waals surface area contributed by atoms with E-state index in [4.69, 9.17) is 0 Å². The lowest BCUT2D eigenvalue weighted by Gasteiger charge is -2.26. The molecule has 0 atom stereocenters. The summed E-state index contributed by atoms with van der Waals surface area (Å²) in [6, 6.07) is 46.9. The van der Waals surface area contributed by atoms with Gasteiger partial charge in [0.2, 0.25) is 0 Å². The summed E-state index contributed by atoms with van der Waals surface area (Å²) in [4.78, 5) is 0. The molecule has 0 fully saturated rings. The average molecular weight is 563 g/mol. The molecule has 0 bridgehead atoms. The van der Waals surface area contributed by atoms with E-state index in [9.17, 15) is 0 Å². The third kappa shape index (κ3) is 4.24. The van der Waals surface area contributed by atoms with Gasteiger partial charge >= 0.3 is 0 Å². The second-order valence-corrected chi connectivity index (χ2v) is 11.7. The molecule has 0 aromatic heterocycles. The van der Waals surface area contributed by atoms with Gasteiger partial charge in [0.05, 0.1) is 0 Å². The minimum absolute atomic E-state index is 0.741. The van der Waals surface area contributed by atoms with Crippen LogP contribution in [0.15, 0.2) is 146 Å². The Kier molecular flexibility index (Phi) is 6.38. The fourth-order valence-corrected chi connectivity index (χ4v) is 7.13. The second kappa shape index (κ2) is 10.7. The minimum Gasteiger partial charge on any atom is -0.681 e. The molecule has 0 saturated heterocycles. The van der Waals surface area contributed by atoms with Crippen LogP contribution in [0.2, 0.25) is 0 Å². The van der Waals surface area contributed by atoms with Crippen molar-refractivity contribution in [3.05, 3.63) is 168 Å². The van der Waals surface area contributed by atoms with Crippen LogP contribution in [0.3, 0.4) is 0 Å². The smallest absolute Gasteiger partial charge is 0.00201 e. The minimum atomic E-state index is 0.741. The van der Waals surface area contributed by atoms with Gasteiger partial charge in [-0.2, -0.15) is 0 Å².